The fraction of sp³-hybridized carbons (Fsp3) is 0.222. The summed E-state index contributed by atoms with van der Waals surface area (Å²) in [7, 11) is 0. The Hall–Kier alpha value is -2.90. The van der Waals surface area contributed by atoms with Gasteiger partial charge < -0.3 is 11.1 Å². The molecule has 2 aromatic carbocycles. The molecule has 0 saturated carbocycles. The van der Waals surface area contributed by atoms with Gasteiger partial charge in [0.15, 0.2) is 0 Å². The lowest BCUT2D eigenvalue weighted by Crippen LogP contribution is -2.46. The zero-order valence-corrected chi connectivity index (χ0v) is 13.5. The number of amides is 2. The molecule has 2 aromatic rings. The van der Waals surface area contributed by atoms with Crippen molar-refractivity contribution < 1.29 is 27.2 Å². The maximum absolute atomic E-state index is 13.7. The molecular weight excluding hydrogens is 352 g/mol. The highest BCUT2D eigenvalue weighted by Gasteiger charge is 2.30. The Morgan fingerprint density at radius 3 is 2.19 bits per heavy atom. The second-order valence-electron chi connectivity index (χ2n) is 5.69. The smallest absolute Gasteiger partial charge is 0.368 e. The van der Waals surface area contributed by atoms with E-state index in [2.05, 4.69) is 5.32 Å². The molecule has 0 aliphatic heterocycles. The van der Waals surface area contributed by atoms with Gasteiger partial charge in [-0.25, -0.2) is 4.39 Å². The summed E-state index contributed by atoms with van der Waals surface area (Å²) in [5, 5.41) is 2.38. The third kappa shape index (κ3) is 5.30. The maximum atomic E-state index is 13.7. The van der Waals surface area contributed by atoms with E-state index in [1.165, 1.54) is 30.3 Å². The van der Waals surface area contributed by atoms with Gasteiger partial charge in [-0.15, -0.1) is 0 Å². The van der Waals surface area contributed by atoms with Gasteiger partial charge >= 0.3 is 6.18 Å². The van der Waals surface area contributed by atoms with Crippen LogP contribution in [0.5, 0.6) is 0 Å². The molecule has 0 bridgehead atoms. The molecule has 0 unspecified atom stereocenters. The van der Waals surface area contributed by atoms with Gasteiger partial charge in [0.2, 0.25) is 11.8 Å². The number of nitrogens with one attached hydrogen (secondary N) is 1. The maximum Gasteiger partial charge on any atom is 0.416 e. The van der Waals surface area contributed by atoms with Gasteiger partial charge in [-0.1, -0.05) is 30.3 Å². The van der Waals surface area contributed by atoms with E-state index in [0.717, 1.165) is 12.1 Å². The van der Waals surface area contributed by atoms with Crippen LogP contribution in [-0.4, -0.2) is 17.9 Å². The molecule has 8 heteroatoms. The van der Waals surface area contributed by atoms with E-state index >= 15 is 0 Å². The van der Waals surface area contributed by atoms with Gasteiger partial charge in [-0.05, 0) is 29.3 Å². The highest BCUT2D eigenvalue weighted by Crippen LogP contribution is 2.29. The highest BCUT2D eigenvalue weighted by atomic mass is 19.4. The van der Waals surface area contributed by atoms with Gasteiger partial charge in [-0.3, -0.25) is 9.59 Å². The predicted octanol–water partition coefficient (Wildman–Crippen LogP) is 2.60. The van der Waals surface area contributed by atoms with Crippen molar-refractivity contribution in [3.63, 3.8) is 0 Å². The van der Waals surface area contributed by atoms with E-state index in [1.807, 2.05) is 0 Å². The second-order valence-corrected chi connectivity index (χ2v) is 5.69. The summed E-state index contributed by atoms with van der Waals surface area (Å²) in [5.41, 5.74) is 4.97. The number of carbonyl (C=O) groups excluding carboxylic acids is 2. The van der Waals surface area contributed by atoms with Gasteiger partial charge in [0, 0.05) is 6.42 Å². The normalized spacial score (nSPS) is 12.5. The van der Waals surface area contributed by atoms with Gasteiger partial charge in [0.25, 0.3) is 0 Å². The Balaban J connectivity index is 2.02. The van der Waals surface area contributed by atoms with Crippen LogP contribution in [0.25, 0.3) is 0 Å². The molecule has 2 rings (SSSR count). The number of alkyl halides is 3. The van der Waals surface area contributed by atoms with Gasteiger partial charge in [-0.2, -0.15) is 13.2 Å². The summed E-state index contributed by atoms with van der Waals surface area (Å²) in [6, 6.07) is 8.72. The van der Waals surface area contributed by atoms with Crippen molar-refractivity contribution in [2.45, 2.75) is 25.1 Å². The van der Waals surface area contributed by atoms with Crippen LogP contribution in [0, 0.1) is 5.82 Å². The molecule has 4 nitrogen and oxygen atoms in total. The van der Waals surface area contributed by atoms with E-state index in [-0.39, 0.29) is 18.4 Å². The number of benzene rings is 2. The topological polar surface area (TPSA) is 72.2 Å². The lowest BCUT2D eigenvalue weighted by Gasteiger charge is -2.16. The van der Waals surface area contributed by atoms with Gasteiger partial charge in [0.05, 0.1) is 12.0 Å². The molecule has 2 amide bonds. The molecule has 0 saturated heterocycles. The first-order valence-electron chi connectivity index (χ1n) is 7.65. The Kier molecular flexibility index (Phi) is 5.97. The minimum absolute atomic E-state index is 0.124. The molecule has 26 heavy (non-hydrogen) atoms. The molecule has 0 aliphatic carbocycles. The number of hydrogen-bond donors (Lipinski definition) is 2. The average molecular weight is 368 g/mol. The number of hydrogen-bond acceptors (Lipinski definition) is 2. The second kappa shape index (κ2) is 7.99. The van der Waals surface area contributed by atoms with Gasteiger partial charge in [0.1, 0.15) is 11.9 Å². The summed E-state index contributed by atoms with van der Waals surface area (Å²) >= 11 is 0. The molecular formula is C18H16F4N2O2. The first-order valence-corrected chi connectivity index (χ1v) is 7.65. The Morgan fingerprint density at radius 2 is 1.65 bits per heavy atom. The summed E-state index contributed by atoms with van der Waals surface area (Å²) in [6.45, 7) is 0. The lowest BCUT2D eigenvalue weighted by molar-refractivity contribution is -0.137. The van der Waals surface area contributed by atoms with E-state index < -0.39 is 35.4 Å². The number of rotatable bonds is 6. The quantitative estimate of drug-likeness (QED) is 0.770. The minimum atomic E-state index is -4.46. The summed E-state index contributed by atoms with van der Waals surface area (Å²) in [5.74, 6) is -1.98. The van der Waals surface area contributed by atoms with Crippen molar-refractivity contribution in [2.24, 2.45) is 5.73 Å². The standard InChI is InChI=1S/C18H16F4N2O2/c19-14-4-2-1-3-12(14)10-15(17(23)26)24-16(25)9-11-5-7-13(8-6-11)18(20,21)22/h1-8,15H,9-10H2,(H2,23,26)(H,24,25)/t15-/m1/s1. The minimum Gasteiger partial charge on any atom is -0.368 e. The van der Waals surface area contributed by atoms with Crippen molar-refractivity contribution in [2.75, 3.05) is 0 Å². The first-order chi connectivity index (χ1) is 12.2. The van der Waals surface area contributed by atoms with E-state index in [1.54, 1.807) is 6.07 Å². The molecule has 0 aromatic heterocycles. The molecule has 1 atom stereocenters. The predicted molar refractivity (Wildman–Crippen MR) is 86.4 cm³/mol. The van der Waals surface area contributed by atoms with Crippen LogP contribution >= 0.6 is 0 Å². The van der Waals surface area contributed by atoms with Crippen LogP contribution in [0.3, 0.4) is 0 Å². The third-order valence-corrected chi connectivity index (χ3v) is 3.71. The molecule has 0 spiro atoms. The van der Waals surface area contributed by atoms with E-state index in [0.29, 0.717) is 5.56 Å². The fourth-order valence-electron chi connectivity index (χ4n) is 2.35. The van der Waals surface area contributed by atoms with Crippen LogP contribution in [-0.2, 0) is 28.6 Å². The van der Waals surface area contributed by atoms with Crippen molar-refractivity contribution in [1.29, 1.82) is 0 Å². The fourth-order valence-corrected chi connectivity index (χ4v) is 2.35. The molecule has 0 fully saturated rings. The van der Waals surface area contributed by atoms with Crippen LogP contribution < -0.4 is 11.1 Å². The summed E-state index contributed by atoms with van der Waals surface area (Å²) < 4.78 is 51.2. The Labute approximate surface area is 147 Å². The van der Waals surface area contributed by atoms with Crippen LogP contribution in [0.1, 0.15) is 16.7 Å². The summed E-state index contributed by atoms with van der Waals surface area (Å²) in [6.07, 6.45) is -4.82. The van der Waals surface area contributed by atoms with Crippen LogP contribution in [0.2, 0.25) is 0 Å². The Morgan fingerprint density at radius 1 is 1.04 bits per heavy atom. The number of halogens is 4. The zero-order chi connectivity index (χ0) is 19.3. The Bertz CT molecular complexity index is 789. The molecule has 0 radical (unpaired) electrons. The molecule has 3 N–H and O–H groups in total. The largest absolute Gasteiger partial charge is 0.416 e. The monoisotopic (exact) mass is 368 g/mol. The average Bonchev–Trinajstić information content (AvgIpc) is 2.55. The molecule has 0 heterocycles. The molecule has 0 aliphatic rings. The molecule has 138 valence electrons. The SMILES string of the molecule is NC(=O)[C@@H](Cc1ccccc1F)NC(=O)Cc1ccc(C(F)(F)F)cc1. The highest BCUT2D eigenvalue weighted by molar-refractivity contribution is 5.87. The number of nitrogens with two attached hydrogens (primary N) is 1. The lowest BCUT2D eigenvalue weighted by atomic mass is 10.0. The van der Waals surface area contributed by atoms with Crippen molar-refractivity contribution >= 4 is 11.8 Å². The number of primary amides is 1. The van der Waals surface area contributed by atoms with Crippen molar-refractivity contribution in [1.82, 2.24) is 5.32 Å². The zero-order valence-electron chi connectivity index (χ0n) is 13.5. The number of carbonyl (C=O) groups is 2. The van der Waals surface area contributed by atoms with E-state index in [9.17, 15) is 27.2 Å². The van der Waals surface area contributed by atoms with Crippen LogP contribution in [0.4, 0.5) is 17.6 Å². The van der Waals surface area contributed by atoms with Crippen molar-refractivity contribution in [3.05, 3.63) is 71.0 Å². The van der Waals surface area contributed by atoms with Crippen molar-refractivity contribution in [3.8, 4) is 0 Å². The third-order valence-electron chi connectivity index (χ3n) is 3.71. The van der Waals surface area contributed by atoms with Crippen LogP contribution in [0.15, 0.2) is 48.5 Å². The first kappa shape index (κ1) is 19.4. The van der Waals surface area contributed by atoms with E-state index in [4.69, 9.17) is 5.73 Å². The summed E-state index contributed by atoms with van der Waals surface area (Å²) in [4.78, 5) is 23.6.